The average molecular weight is 204 g/mol. The van der Waals surface area contributed by atoms with E-state index in [1.165, 1.54) is 0 Å². The molecule has 3 nitrogen and oxygen atoms in total. The Balaban J connectivity index is 2.13. The lowest BCUT2D eigenvalue weighted by Gasteiger charge is -2.16. The molecule has 0 atom stereocenters. The number of ether oxygens (including phenoxy) is 1. The zero-order valence-electron chi connectivity index (χ0n) is 9.61. The van der Waals surface area contributed by atoms with E-state index in [4.69, 9.17) is 4.74 Å². The first-order valence-corrected chi connectivity index (χ1v) is 5.03. The third-order valence-corrected chi connectivity index (χ3v) is 2.66. The molecule has 0 aromatic heterocycles. The Morgan fingerprint density at radius 1 is 1.20 bits per heavy atom. The number of hydrogen-bond donors (Lipinski definition) is 0. The summed E-state index contributed by atoms with van der Waals surface area (Å²) in [4.78, 5) is 6.53. The number of methoxy groups -OCH3 is 1. The summed E-state index contributed by atoms with van der Waals surface area (Å²) < 4.78 is 5.12. The summed E-state index contributed by atoms with van der Waals surface area (Å²) in [7, 11) is 3.71. The van der Waals surface area contributed by atoms with Crippen molar-refractivity contribution in [3.63, 3.8) is 0 Å². The first kappa shape index (κ1) is 10.0. The molecule has 3 heteroatoms. The van der Waals surface area contributed by atoms with Gasteiger partial charge in [-0.1, -0.05) is 0 Å². The Labute approximate surface area is 90.4 Å². The van der Waals surface area contributed by atoms with Crippen molar-refractivity contribution in [2.24, 2.45) is 4.99 Å². The maximum Gasteiger partial charge on any atom is 0.132 e. The molecule has 1 heterocycles. The van der Waals surface area contributed by atoms with Gasteiger partial charge in [-0.2, -0.15) is 0 Å². The fourth-order valence-electron chi connectivity index (χ4n) is 1.65. The third-order valence-electron chi connectivity index (χ3n) is 2.66. The Bertz CT molecular complexity index is 393. The fraction of sp³-hybridized carbons (Fsp3) is 0.417. The minimum absolute atomic E-state index is 0.0225. The fourth-order valence-corrected chi connectivity index (χ4v) is 1.65. The predicted octanol–water partition coefficient (Wildman–Crippen LogP) is 2.32. The topological polar surface area (TPSA) is 24.8 Å². The molecular formula is C12H16N2O. The molecule has 0 spiro atoms. The third kappa shape index (κ3) is 1.82. The monoisotopic (exact) mass is 204 g/mol. The van der Waals surface area contributed by atoms with Crippen LogP contribution in [-0.4, -0.2) is 25.5 Å². The van der Waals surface area contributed by atoms with Gasteiger partial charge in [0.25, 0.3) is 0 Å². The highest BCUT2D eigenvalue weighted by Gasteiger charge is 2.40. The van der Waals surface area contributed by atoms with Crippen LogP contribution in [0.3, 0.4) is 0 Å². The van der Waals surface area contributed by atoms with Crippen LogP contribution in [0, 0.1) is 0 Å². The van der Waals surface area contributed by atoms with Crippen LogP contribution in [0.15, 0.2) is 29.3 Å². The van der Waals surface area contributed by atoms with E-state index in [2.05, 4.69) is 23.7 Å². The molecular weight excluding hydrogens is 188 g/mol. The van der Waals surface area contributed by atoms with Gasteiger partial charge in [0.1, 0.15) is 17.1 Å². The van der Waals surface area contributed by atoms with Crippen molar-refractivity contribution in [2.45, 2.75) is 19.4 Å². The van der Waals surface area contributed by atoms with Crippen LogP contribution in [0.25, 0.3) is 0 Å². The molecule has 0 radical (unpaired) electrons. The number of hydrogen-bond acceptors (Lipinski definition) is 3. The summed E-state index contributed by atoms with van der Waals surface area (Å²) in [5.74, 6) is 2.01. The van der Waals surface area contributed by atoms with E-state index in [-0.39, 0.29) is 5.54 Å². The van der Waals surface area contributed by atoms with E-state index in [1.807, 2.05) is 31.3 Å². The average Bonchev–Trinajstić information content (AvgIpc) is 2.87. The quantitative estimate of drug-likeness (QED) is 0.738. The van der Waals surface area contributed by atoms with Crippen LogP contribution in [-0.2, 0) is 0 Å². The Kier molecular flexibility index (Phi) is 2.18. The molecule has 15 heavy (non-hydrogen) atoms. The van der Waals surface area contributed by atoms with Gasteiger partial charge in [0.15, 0.2) is 0 Å². The number of aliphatic imine (C=N–C) groups is 1. The van der Waals surface area contributed by atoms with E-state index in [1.54, 1.807) is 7.11 Å². The van der Waals surface area contributed by atoms with Gasteiger partial charge in [0.05, 0.1) is 7.11 Å². The van der Waals surface area contributed by atoms with Crippen molar-refractivity contribution in [1.29, 1.82) is 0 Å². The highest BCUT2D eigenvalue weighted by molar-refractivity contribution is 6.12. The molecule has 0 unspecified atom stereocenters. The van der Waals surface area contributed by atoms with Gasteiger partial charge in [-0.25, -0.2) is 0 Å². The molecule has 0 fully saturated rings. The zero-order valence-corrected chi connectivity index (χ0v) is 9.61. The van der Waals surface area contributed by atoms with Crippen LogP contribution in [0.4, 0.5) is 5.69 Å². The maximum atomic E-state index is 5.12. The molecule has 0 aliphatic carbocycles. The predicted molar refractivity (Wildman–Crippen MR) is 62.9 cm³/mol. The van der Waals surface area contributed by atoms with Crippen molar-refractivity contribution >= 4 is 11.5 Å². The lowest BCUT2D eigenvalue weighted by atomic mass is 10.1. The van der Waals surface area contributed by atoms with E-state index in [9.17, 15) is 0 Å². The second kappa shape index (κ2) is 3.26. The van der Waals surface area contributed by atoms with Crippen LogP contribution in [0.5, 0.6) is 5.75 Å². The number of benzene rings is 1. The van der Waals surface area contributed by atoms with Gasteiger partial charge in [-0.15, -0.1) is 0 Å². The number of nitrogens with zero attached hydrogens (tertiary/aromatic N) is 2. The normalized spacial score (nSPS) is 16.9. The lowest BCUT2D eigenvalue weighted by molar-refractivity contribution is 0.415. The molecule has 0 saturated heterocycles. The van der Waals surface area contributed by atoms with Gasteiger partial charge >= 0.3 is 0 Å². The SMILES string of the molecule is COc1ccc(N(C)C2=NC2(C)C)cc1. The molecule has 1 aliphatic heterocycles. The lowest BCUT2D eigenvalue weighted by Crippen LogP contribution is -2.27. The minimum atomic E-state index is 0.0225. The smallest absolute Gasteiger partial charge is 0.132 e. The largest absolute Gasteiger partial charge is 0.497 e. The van der Waals surface area contributed by atoms with Crippen molar-refractivity contribution in [3.8, 4) is 5.75 Å². The Morgan fingerprint density at radius 2 is 1.73 bits per heavy atom. The molecule has 0 saturated carbocycles. The Hall–Kier alpha value is -1.51. The molecule has 0 N–H and O–H groups in total. The summed E-state index contributed by atoms with van der Waals surface area (Å²) in [5.41, 5.74) is 1.16. The van der Waals surface area contributed by atoms with Crippen molar-refractivity contribution in [3.05, 3.63) is 24.3 Å². The van der Waals surface area contributed by atoms with E-state index < -0.39 is 0 Å². The first-order valence-electron chi connectivity index (χ1n) is 5.03. The second-order valence-corrected chi connectivity index (χ2v) is 4.25. The molecule has 2 rings (SSSR count). The van der Waals surface area contributed by atoms with Crippen LogP contribution >= 0.6 is 0 Å². The van der Waals surface area contributed by atoms with E-state index in [0.717, 1.165) is 17.3 Å². The second-order valence-electron chi connectivity index (χ2n) is 4.25. The van der Waals surface area contributed by atoms with Gasteiger partial charge < -0.3 is 9.64 Å². The molecule has 0 bridgehead atoms. The molecule has 1 aliphatic rings. The van der Waals surface area contributed by atoms with Gasteiger partial charge in [0, 0.05) is 12.7 Å². The van der Waals surface area contributed by atoms with E-state index >= 15 is 0 Å². The highest BCUT2D eigenvalue weighted by atomic mass is 16.5. The molecule has 0 amide bonds. The van der Waals surface area contributed by atoms with Crippen LogP contribution in [0.2, 0.25) is 0 Å². The number of rotatable bonds is 2. The van der Waals surface area contributed by atoms with Gasteiger partial charge in [-0.3, -0.25) is 4.99 Å². The standard InChI is InChI=1S/C12H16N2O/c1-12(2)11(13-12)14(3)9-5-7-10(15-4)8-6-9/h5-8H,1-4H3. The van der Waals surface area contributed by atoms with Gasteiger partial charge in [0.2, 0.25) is 0 Å². The highest BCUT2D eigenvalue weighted by Crippen LogP contribution is 2.31. The Morgan fingerprint density at radius 3 is 2.13 bits per heavy atom. The first-order chi connectivity index (χ1) is 7.04. The van der Waals surface area contributed by atoms with Crippen LogP contribution < -0.4 is 9.64 Å². The maximum absolute atomic E-state index is 5.12. The molecule has 1 aromatic rings. The minimum Gasteiger partial charge on any atom is -0.497 e. The van der Waals surface area contributed by atoms with E-state index in [0.29, 0.717) is 0 Å². The van der Waals surface area contributed by atoms with Crippen LogP contribution in [0.1, 0.15) is 13.8 Å². The number of anilines is 1. The van der Waals surface area contributed by atoms with Gasteiger partial charge in [-0.05, 0) is 38.1 Å². The summed E-state index contributed by atoms with van der Waals surface area (Å²) in [6.07, 6.45) is 0. The van der Waals surface area contributed by atoms with Crippen molar-refractivity contribution in [1.82, 2.24) is 0 Å². The summed E-state index contributed by atoms with van der Waals surface area (Å²) >= 11 is 0. The summed E-state index contributed by atoms with van der Waals surface area (Å²) in [6.45, 7) is 4.23. The summed E-state index contributed by atoms with van der Waals surface area (Å²) in [6, 6.07) is 8.00. The molecule has 80 valence electrons. The van der Waals surface area contributed by atoms with Crippen molar-refractivity contribution in [2.75, 3.05) is 19.1 Å². The number of amidine groups is 1. The zero-order chi connectivity index (χ0) is 11.1. The number of likely N-dealkylation sites (N-methyl/N-ethyl adjacent to an activating group) is 1. The molecule has 1 aromatic carbocycles. The summed E-state index contributed by atoms with van der Waals surface area (Å²) in [5, 5.41) is 0. The van der Waals surface area contributed by atoms with Crippen molar-refractivity contribution < 1.29 is 4.74 Å².